The van der Waals surface area contributed by atoms with Gasteiger partial charge in [0.05, 0.1) is 10.9 Å². The Morgan fingerprint density at radius 3 is 2.68 bits per heavy atom. The molecule has 1 aromatic rings. The summed E-state index contributed by atoms with van der Waals surface area (Å²) in [6, 6.07) is 4.39. The standard InChI is InChI=1S/C12H18N2O4S/c1-3-7-13-12(16)9(2)14-19(17,18)11-6-4-5-10(15)8-11/h4-6,8-9,14-15H,3,7H2,1-2H3,(H,13,16). The van der Waals surface area contributed by atoms with Gasteiger partial charge in [0.25, 0.3) is 0 Å². The summed E-state index contributed by atoms with van der Waals surface area (Å²) in [6.45, 7) is 3.87. The third-order valence-electron chi connectivity index (χ3n) is 2.40. The zero-order chi connectivity index (χ0) is 14.5. The molecule has 0 aromatic heterocycles. The molecule has 19 heavy (non-hydrogen) atoms. The summed E-state index contributed by atoms with van der Waals surface area (Å²) >= 11 is 0. The summed E-state index contributed by atoms with van der Waals surface area (Å²) in [7, 11) is -3.82. The Labute approximate surface area is 112 Å². The Bertz CT molecular complexity index is 542. The maximum Gasteiger partial charge on any atom is 0.241 e. The molecule has 0 aliphatic carbocycles. The number of hydrogen-bond donors (Lipinski definition) is 3. The van der Waals surface area contributed by atoms with Gasteiger partial charge in [0, 0.05) is 6.54 Å². The number of hydrogen-bond acceptors (Lipinski definition) is 4. The highest BCUT2D eigenvalue weighted by Crippen LogP contribution is 2.15. The SMILES string of the molecule is CCCNC(=O)C(C)NS(=O)(=O)c1cccc(O)c1. The monoisotopic (exact) mass is 286 g/mol. The molecule has 106 valence electrons. The minimum Gasteiger partial charge on any atom is -0.508 e. The quantitative estimate of drug-likeness (QED) is 0.713. The maximum absolute atomic E-state index is 12.0. The van der Waals surface area contributed by atoms with E-state index in [9.17, 15) is 18.3 Å². The van der Waals surface area contributed by atoms with Gasteiger partial charge in [-0.3, -0.25) is 4.79 Å². The average Bonchev–Trinajstić information content (AvgIpc) is 2.35. The first-order valence-corrected chi connectivity index (χ1v) is 7.44. The smallest absolute Gasteiger partial charge is 0.241 e. The summed E-state index contributed by atoms with van der Waals surface area (Å²) in [5, 5.41) is 11.9. The summed E-state index contributed by atoms with van der Waals surface area (Å²) < 4.78 is 26.2. The molecule has 0 heterocycles. The zero-order valence-corrected chi connectivity index (χ0v) is 11.7. The van der Waals surface area contributed by atoms with Crippen LogP contribution in [0.3, 0.4) is 0 Å². The Kier molecular flexibility index (Phi) is 5.31. The van der Waals surface area contributed by atoms with Crippen molar-refractivity contribution >= 4 is 15.9 Å². The molecule has 0 radical (unpaired) electrons. The minimum absolute atomic E-state index is 0.0809. The molecular weight excluding hydrogens is 268 g/mol. The molecule has 1 aromatic carbocycles. The number of sulfonamides is 1. The van der Waals surface area contributed by atoms with Gasteiger partial charge in [0.2, 0.25) is 15.9 Å². The van der Waals surface area contributed by atoms with Crippen molar-refractivity contribution in [3.8, 4) is 5.75 Å². The lowest BCUT2D eigenvalue weighted by Crippen LogP contribution is -2.44. The van der Waals surface area contributed by atoms with Crippen LogP contribution >= 0.6 is 0 Å². The third-order valence-corrected chi connectivity index (χ3v) is 3.94. The second-order valence-electron chi connectivity index (χ2n) is 4.13. The molecule has 7 heteroatoms. The van der Waals surface area contributed by atoms with Gasteiger partial charge >= 0.3 is 0 Å². The van der Waals surface area contributed by atoms with E-state index in [-0.39, 0.29) is 16.6 Å². The molecule has 1 atom stereocenters. The number of benzene rings is 1. The van der Waals surface area contributed by atoms with Crippen molar-refractivity contribution < 1.29 is 18.3 Å². The maximum atomic E-state index is 12.0. The molecule has 0 fully saturated rings. The fourth-order valence-corrected chi connectivity index (χ4v) is 2.65. The predicted octanol–water partition coefficient (Wildman–Crippen LogP) is 0.585. The molecule has 0 aliphatic heterocycles. The Hall–Kier alpha value is -1.60. The third kappa shape index (κ3) is 4.53. The first-order chi connectivity index (χ1) is 8.86. The van der Waals surface area contributed by atoms with Crippen LogP contribution in [0.2, 0.25) is 0 Å². The molecule has 0 saturated carbocycles. The fourth-order valence-electron chi connectivity index (χ4n) is 1.41. The Balaban J connectivity index is 2.77. The molecular formula is C12H18N2O4S. The van der Waals surface area contributed by atoms with E-state index in [1.807, 2.05) is 6.92 Å². The minimum atomic E-state index is -3.82. The molecule has 0 saturated heterocycles. The zero-order valence-electron chi connectivity index (χ0n) is 10.9. The van der Waals surface area contributed by atoms with E-state index in [1.165, 1.54) is 25.1 Å². The number of amides is 1. The summed E-state index contributed by atoms with van der Waals surface area (Å²) in [5.41, 5.74) is 0. The van der Waals surface area contributed by atoms with Crippen LogP contribution in [0.1, 0.15) is 20.3 Å². The van der Waals surface area contributed by atoms with Crippen molar-refractivity contribution in [3.05, 3.63) is 24.3 Å². The molecule has 0 aliphatic rings. The van der Waals surface area contributed by atoms with Crippen LogP contribution in [0.5, 0.6) is 5.75 Å². The van der Waals surface area contributed by atoms with Crippen molar-refractivity contribution in [3.63, 3.8) is 0 Å². The number of phenolic OH excluding ortho intramolecular Hbond substituents is 1. The normalized spacial score (nSPS) is 12.9. The average molecular weight is 286 g/mol. The Morgan fingerprint density at radius 2 is 2.11 bits per heavy atom. The molecule has 1 rings (SSSR count). The number of phenols is 1. The second-order valence-corrected chi connectivity index (χ2v) is 5.85. The highest BCUT2D eigenvalue weighted by molar-refractivity contribution is 7.89. The van der Waals surface area contributed by atoms with E-state index in [1.54, 1.807) is 0 Å². The molecule has 3 N–H and O–H groups in total. The van der Waals surface area contributed by atoms with Gasteiger partial charge in [-0.15, -0.1) is 0 Å². The van der Waals surface area contributed by atoms with Crippen molar-refractivity contribution in [2.45, 2.75) is 31.2 Å². The van der Waals surface area contributed by atoms with Gasteiger partial charge in [-0.25, -0.2) is 8.42 Å². The van der Waals surface area contributed by atoms with Crippen molar-refractivity contribution in [1.29, 1.82) is 0 Å². The summed E-state index contributed by atoms with van der Waals surface area (Å²) in [5.74, 6) is -0.531. The van der Waals surface area contributed by atoms with Crippen molar-refractivity contribution in [2.75, 3.05) is 6.54 Å². The predicted molar refractivity (Wildman–Crippen MR) is 71.2 cm³/mol. The van der Waals surface area contributed by atoms with Crippen molar-refractivity contribution in [2.24, 2.45) is 0 Å². The van der Waals surface area contributed by atoms with Crippen LogP contribution < -0.4 is 10.0 Å². The number of carbonyl (C=O) groups excluding carboxylic acids is 1. The number of aromatic hydroxyl groups is 1. The summed E-state index contributed by atoms with van der Waals surface area (Å²) in [6.07, 6.45) is 0.776. The summed E-state index contributed by atoms with van der Waals surface area (Å²) in [4.78, 5) is 11.5. The lowest BCUT2D eigenvalue weighted by molar-refractivity contribution is -0.122. The molecule has 1 unspecified atom stereocenters. The lowest BCUT2D eigenvalue weighted by atomic mass is 10.3. The van der Waals surface area contributed by atoms with Gasteiger partial charge < -0.3 is 10.4 Å². The largest absolute Gasteiger partial charge is 0.508 e. The molecule has 1 amide bonds. The van der Waals surface area contributed by atoms with E-state index in [0.717, 1.165) is 12.5 Å². The second kappa shape index (κ2) is 6.53. The van der Waals surface area contributed by atoms with Gasteiger partial charge in [-0.05, 0) is 31.5 Å². The van der Waals surface area contributed by atoms with Crippen LogP contribution in [-0.2, 0) is 14.8 Å². The van der Waals surface area contributed by atoms with Crippen molar-refractivity contribution in [1.82, 2.24) is 10.0 Å². The van der Waals surface area contributed by atoms with Crippen LogP contribution in [0.15, 0.2) is 29.2 Å². The van der Waals surface area contributed by atoms with Gasteiger partial charge in [0.15, 0.2) is 0 Å². The number of nitrogens with one attached hydrogen (secondary N) is 2. The fraction of sp³-hybridized carbons (Fsp3) is 0.417. The van der Waals surface area contributed by atoms with Gasteiger partial charge in [-0.2, -0.15) is 4.72 Å². The van der Waals surface area contributed by atoms with E-state index in [2.05, 4.69) is 10.0 Å². The first-order valence-electron chi connectivity index (χ1n) is 5.96. The Morgan fingerprint density at radius 1 is 1.42 bits per heavy atom. The molecule has 0 bridgehead atoms. The van der Waals surface area contributed by atoms with Gasteiger partial charge in [0.1, 0.15) is 5.75 Å². The van der Waals surface area contributed by atoms with Gasteiger partial charge in [-0.1, -0.05) is 13.0 Å². The first kappa shape index (κ1) is 15.5. The highest BCUT2D eigenvalue weighted by Gasteiger charge is 2.21. The number of rotatable bonds is 6. The van der Waals surface area contributed by atoms with Crippen LogP contribution in [-0.4, -0.2) is 32.0 Å². The molecule has 6 nitrogen and oxygen atoms in total. The van der Waals surface area contributed by atoms with Crippen LogP contribution in [0.4, 0.5) is 0 Å². The van der Waals surface area contributed by atoms with E-state index in [0.29, 0.717) is 6.54 Å². The van der Waals surface area contributed by atoms with E-state index >= 15 is 0 Å². The van der Waals surface area contributed by atoms with E-state index < -0.39 is 16.1 Å². The van der Waals surface area contributed by atoms with Crippen LogP contribution in [0, 0.1) is 0 Å². The lowest BCUT2D eigenvalue weighted by Gasteiger charge is -2.14. The van der Waals surface area contributed by atoms with Crippen LogP contribution in [0.25, 0.3) is 0 Å². The highest BCUT2D eigenvalue weighted by atomic mass is 32.2. The number of carbonyl (C=O) groups is 1. The topological polar surface area (TPSA) is 95.5 Å². The molecule has 0 spiro atoms. The van der Waals surface area contributed by atoms with E-state index in [4.69, 9.17) is 0 Å².